The molecule has 5 rings (SSSR count). The molecule has 42 heavy (non-hydrogen) atoms. The van der Waals surface area contributed by atoms with Crippen LogP contribution < -0.4 is 10.6 Å². The van der Waals surface area contributed by atoms with Gasteiger partial charge in [-0.25, -0.2) is 14.0 Å². The molecule has 0 aliphatic carbocycles. The van der Waals surface area contributed by atoms with Gasteiger partial charge in [0.1, 0.15) is 11.9 Å². The third-order valence-electron chi connectivity index (χ3n) is 7.63. The number of anilines is 2. The third-order valence-corrected chi connectivity index (χ3v) is 7.93. The van der Waals surface area contributed by atoms with Gasteiger partial charge in [0.2, 0.25) is 5.91 Å². The van der Waals surface area contributed by atoms with E-state index in [1.165, 1.54) is 19.2 Å². The maximum absolute atomic E-state index is 14.8. The van der Waals surface area contributed by atoms with E-state index in [1.807, 2.05) is 19.1 Å². The number of cyclic esters (lactones) is 1. The van der Waals surface area contributed by atoms with Crippen molar-refractivity contribution in [3.8, 4) is 17.0 Å². The molecule has 10 nitrogen and oxygen atoms in total. The Morgan fingerprint density at radius 2 is 2.00 bits per heavy atom. The number of nitrogens with zero attached hydrogens (tertiary/aromatic N) is 2. The first kappa shape index (κ1) is 29.1. The number of halogens is 2. The number of pyridine rings is 1. The van der Waals surface area contributed by atoms with Crippen LogP contribution in [0.5, 0.6) is 5.75 Å². The van der Waals surface area contributed by atoms with Gasteiger partial charge in [-0.1, -0.05) is 24.9 Å². The second kappa shape index (κ2) is 12.2. The molecule has 2 aliphatic rings. The zero-order valence-electron chi connectivity index (χ0n) is 23.0. The van der Waals surface area contributed by atoms with Gasteiger partial charge in [-0.15, -0.1) is 0 Å². The van der Waals surface area contributed by atoms with Gasteiger partial charge in [0, 0.05) is 36.3 Å². The molecule has 3 amide bonds. The van der Waals surface area contributed by atoms with E-state index in [2.05, 4.69) is 20.4 Å². The van der Waals surface area contributed by atoms with Crippen molar-refractivity contribution in [1.29, 1.82) is 0 Å². The molecule has 3 atom stereocenters. The molecule has 1 saturated heterocycles. The number of ether oxygens (including phenoxy) is 2. The number of hydrogen-bond donors (Lipinski definition) is 3. The first-order valence-electron chi connectivity index (χ1n) is 13.6. The zero-order chi connectivity index (χ0) is 30.0. The van der Waals surface area contributed by atoms with Crippen LogP contribution in [0.25, 0.3) is 11.3 Å². The number of amides is 3. The highest BCUT2D eigenvalue weighted by molar-refractivity contribution is 6.30. The maximum Gasteiger partial charge on any atom is 0.411 e. The predicted octanol–water partition coefficient (Wildman–Crippen LogP) is 6.81. The molecule has 2 bridgehead atoms. The van der Waals surface area contributed by atoms with Crippen molar-refractivity contribution < 1.29 is 33.4 Å². The summed E-state index contributed by atoms with van der Waals surface area (Å²) in [6, 6.07) is 10.9. The van der Waals surface area contributed by atoms with E-state index < -0.39 is 30.1 Å². The Balaban J connectivity index is 1.48. The largest absolute Gasteiger partial charge is 0.507 e. The Morgan fingerprint density at radius 1 is 1.19 bits per heavy atom. The zero-order valence-corrected chi connectivity index (χ0v) is 23.8. The summed E-state index contributed by atoms with van der Waals surface area (Å²) in [4.78, 5) is 44.4. The number of nitrogens with one attached hydrogen (secondary N) is 2. The molecule has 3 heterocycles. The van der Waals surface area contributed by atoms with Crippen LogP contribution in [-0.4, -0.2) is 46.7 Å². The molecule has 0 saturated carbocycles. The summed E-state index contributed by atoms with van der Waals surface area (Å²) in [5.41, 5.74) is 2.75. The minimum absolute atomic E-state index is 0.141. The number of fused-ring (bicyclic) bond motifs is 4. The first-order valence-corrected chi connectivity index (χ1v) is 13.9. The normalized spacial score (nSPS) is 20.8. The average molecular weight is 597 g/mol. The number of phenols is 1. The lowest BCUT2D eigenvalue weighted by Gasteiger charge is -2.38. The summed E-state index contributed by atoms with van der Waals surface area (Å²) in [7, 11) is 1.26. The molecule has 2 aromatic carbocycles. The van der Waals surface area contributed by atoms with E-state index in [0.717, 1.165) is 5.56 Å². The standard InChI is InChI=1S/C30H30ClFN4O6/c1-16-4-3-5-23(36-13-11-25(42-30(36)40)26-24(37)9-8-20(31)27(26)32)17-10-12-33-21(14-17)19-7-6-18(34-29(39)41-2)15-22(19)35-28(16)38/h6-10,12,14-16,23,25,37H,3-5,11,13H2,1-2H3,(H,34,39)(H,35,38)/t16-,23+,25?/m1/s1. The van der Waals surface area contributed by atoms with Crippen LogP contribution in [0.15, 0.2) is 48.7 Å². The first-order chi connectivity index (χ1) is 20.2. The summed E-state index contributed by atoms with van der Waals surface area (Å²) < 4.78 is 25.1. The summed E-state index contributed by atoms with van der Waals surface area (Å²) in [5.74, 6) is -1.68. The van der Waals surface area contributed by atoms with Crippen LogP contribution in [0.3, 0.4) is 0 Å². The smallest absolute Gasteiger partial charge is 0.411 e. The Bertz CT molecular complexity index is 1540. The molecule has 2 aliphatic heterocycles. The van der Waals surface area contributed by atoms with Gasteiger partial charge >= 0.3 is 12.2 Å². The predicted molar refractivity (Wildman–Crippen MR) is 154 cm³/mol. The summed E-state index contributed by atoms with van der Waals surface area (Å²) in [5, 5.41) is 15.7. The Morgan fingerprint density at radius 3 is 2.76 bits per heavy atom. The maximum atomic E-state index is 14.8. The number of aromatic nitrogens is 1. The van der Waals surface area contributed by atoms with Crippen molar-refractivity contribution in [3.63, 3.8) is 0 Å². The monoisotopic (exact) mass is 596 g/mol. The number of benzene rings is 2. The fraction of sp³-hybridized carbons (Fsp3) is 0.333. The van der Waals surface area contributed by atoms with Crippen LogP contribution in [0.1, 0.15) is 55.9 Å². The van der Waals surface area contributed by atoms with Crippen LogP contribution in [-0.2, 0) is 14.3 Å². The fourth-order valence-corrected chi connectivity index (χ4v) is 5.54. The van der Waals surface area contributed by atoms with Gasteiger partial charge in [0.05, 0.1) is 35.1 Å². The molecule has 12 heteroatoms. The number of hydrogen-bond acceptors (Lipinski definition) is 7. The SMILES string of the molecule is COC(=O)Nc1ccc2c(c1)NC(=O)[C@H](C)CCC[C@H](N1CCC(c3c(O)ccc(Cl)c3F)OC1=O)c1ccnc-2c1. The summed E-state index contributed by atoms with van der Waals surface area (Å²) >= 11 is 5.92. The highest BCUT2D eigenvalue weighted by atomic mass is 35.5. The molecule has 3 aromatic rings. The lowest BCUT2D eigenvalue weighted by Crippen LogP contribution is -2.41. The van der Waals surface area contributed by atoms with Crippen LogP contribution in [0.2, 0.25) is 5.02 Å². The van der Waals surface area contributed by atoms with Gasteiger partial charge in [0.15, 0.2) is 5.82 Å². The fourth-order valence-electron chi connectivity index (χ4n) is 5.37. The van der Waals surface area contributed by atoms with Crippen molar-refractivity contribution in [3.05, 3.63) is 70.6 Å². The van der Waals surface area contributed by atoms with Crippen molar-refractivity contribution in [2.45, 2.75) is 44.8 Å². The average Bonchev–Trinajstić information content (AvgIpc) is 2.97. The Labute approximate surface area is 246 Å². The summed E-state index contributed by atoms with van der Waals surface area (Å²) in [6.07, 6.45) is 1.33. The molecule has 1 unspecified atom stereocenters. The second-order valence-corrected chi connectivity index (χ2v) is 10.7. The van der Waals surface area contributed by atoms with Crippen LogP contribution >= 0.6 is 11.6 Å². The molecule has 0 radical (unpaired) electrons. The lowest BCUT2D eigenvalue weighted by molar-refractivity contribution is -0.119. The number of methoxy groups -OCH3 is 1. The number of rotatable bonds is 3. The van der Waals surface area contributed by atoms with Gasteiger partial charge in [-0.3, -0.25) is 15.1 Å². The van der Waals surface area contributed by atoms with E-state index in [9.17, 15) is 23.9 Å². The topological polar surface area (TPSA) is 130 Å². The number of phenolic OH excluding ortho intramolecular Hbond substituents is 1. The van der Waals surface area contributed by atoms with E-state index >= 15 is 0 Å². The van der Waals surface area contributed by atoms with Gasteiger partial charge in [-0.05, 0) is 60.9 Å². The lowest BCUT2D eigenvalue weighted by atomic mass is 9.93. The number of aromatic hydroxyl groups is 1. The quantitative estimate of drug-likeness (QED) is 0.303. The molecular weight excluding hydrogens is 567 g/mol. The van der Waals surface area contributed by atoms with Crippen molar-refractivity contribution >= 4 is 41.1 Å². The number of carbonyl (C=O) groups excluding carboxylic acids is 3. The molecule has 220 valence electrons. The van der Waals surface area contributed by atoms with Crippen molar-refractivity contribution in [1.82, 2.24) is 9.88 Å². The second-order valence-electron chi connectivity index (χ2n) is 10.3. The van der Waals surface area contributed by atoms with E-state index in [1.54, 1.807) is 29.3 Å². The van der Waals surface area contributed by atoms with Crippen LogP contribution in [0, 0.1) is 11.7 Å². The molecule has 1 fully saturated rings. The van der Waals surface area contributed by atoms with Crippen molar-refractivity contribution in [2.24, 2.45) is 5.92 Å². The molecule has 0 spiro atoms. The van der Waals surface area contributed by atoms with Gasteiger partial charge in [0.25, 0.3) is 0 Å². The number of carbonyl (C=O) groups is 3. The molecular formula is C30H30ClFN4O6. The van der Waals surface area contributed by atoms with Crippen LogP contribution in [0.4, 0.5) is 25.4 Å². The van der Waals surface area contributed by atoms with E-state index in [0.29, 0.717) is 41.9 Å². The van der Waals surface area contributed by atoms with Crippen molar-refractivity contribution in [2.75, 3.05) is 24.3 Å². The van der Waals surface area contributed by atoms with Gasteiger partial charge in [-0.2, -0.15) is 0 Å². The van der Waals surface area contributed by atoms with E-state index in [-0.39, 0.29) is 41.1 Å². The Kier molecular flexibility index (Phi) is 8.49. The molecule has 1 aromatic heterocycles. The third kappa shape index (κ3) is 5.96. The highest BCUT2D eigenvalue weighted by Gasteiger charge is 2.36. The highest BCUT2D eigenvalue weighted by Crippen LogP contribution is 2.41. The minimum Gasteiger partial charge on any atom is -0.507 e. The Hall–Kier alpha value is -4.38. The van der Waals surface area contributed by atoms with Gasteiger partial charge < -0.3 is 24.8 Å². The minimum atomic E-state index is -0.991. The molecule has 3 N–H and O–H groups in total. The van der Waals surface area contributed by atoms with E-state index in [4.69, 9.17) is 16.3 Å². The summed E-state index contributed by atoms with van der Waals surface area (Å²) in [6.45, 7) is 2.07.